The van der Waals surface area contributed by atoms with Gasteiger partial charge in [-0.3, -0.25) is 19.2 Å². The molecule has 1 saturated heterocycles. The van der Waals surface area contributed by atoms with Crippen LogP contribution in [0.15, 0.2) is 0 Å². The molecule has 0 aromatic rings. The number of amides is 4. The average molecular weight is 397 g/mol. The van der Waals surface area contributed by atoms with Gasteiger partial charge in [0.15, 0.2) is 0 Å². The highest BCUT2D eigenvalue weighted by Gasteiger charge is 2.11. The monoisotopic (exact) mass is 396 g/mol. The average Bonchev–Trinajstić information content (AvgIpc) is 2.61. The molecular formula is C20H36N4O4. The molecule has 8 nitrogen and oxygen atoms in total. The van der Waals surface area contributed by atoms with Crippen molar-refractivity contribution in [3.8, 4) is 0 Å². The molecule has 0 spiro atoms. The van der Waals surface area contributed by atoms with E-state index in [4.69, 9.17) is 0 Å². The van der Waals surface area contributed by atoms with Crippen LogP contribution < -0.4 is 21.3 Å². The van der Waals surface area contributed by atoms with Crippen molar-refractivity contribution in [2.75, 3.05) is 13.1 Å². The lowest BCUT2D eigenvalue weighted by molar-refractivity contribution is -0.124. The van der Waals surface area contributed by atoms with E-state index in [-0.39, 0.29) is 35.7 Å². The standard InChI is InChI=1S/C20H36N4O4/c1-15-11-13-21-17(25)7-4-6-10-20(28)24-16(2)12-14-22-18(26)8-3-5-9-19(27)23-15/h15-16H,3-14H2,1-2H3,(H,21,25)(H,22,26)(H,23,27)(H,24,28). The summed E-state index contributed by atoms with van der Waals surface area (Å²) in [4.78, 5) is 47.5. The molecule has 8 heteroatoms. The minimum Gasteiger partial charge on any atom is -0.356 e. The Balaban J connectivity index is 2.45. The van der Waals surface area contributed by atoms with Crippen molar-refractivity contribution in [3.63, 3.8) is 0 Å². The van der Waals surface area contributed by atoms with Gasteiger partial charge in [0, 0.05) is 50.9 Å². The third kappa shape index (κ3) is 12.3. The van der Waals surface area contributed by atoms with Crippen LogP contribution in [0.4, 0.5) is 0 Å². The largest absolute Gasteiger partial charge is 0.356 e. The van der Waals surface area contributed by atoms with Crippen LogP contribution in [0.1, 0.15) is 78.1 Å². The van der Waals surface area contributed by atoms with Gasteiger partial charge in [0.2, 0.25) is 23.6 Å². The van der Waals surface area contributed by atoms with Crippen molar-refractivity contribution in [2.24, 2.45) is 0 Å². The van der Waals surface area contributed by atoms with Gasteiger partial charge in [-0.2, -0.15) is 0 Å². The van der Waals surface area contributed by atoms with Crippen LogP contribution in [0.2, 0.25) is 0 Å². The van der Waals surface area contributed by atoms with E-state index in [0.29, 0.717) is 77.3 Å². The van der Waals surface area contributed by atoms with Gasteiger partial charge in [-0.25, -0.2) is 0 Å². The Bertz CT molecular complexity index is 478. The maximum atomic E-state index is 11.9. The van der Waals surface area contributed by atoms with Crippen molar-refractivity contribution in [2.45, 2.75) is 90.1 Å². The maximum Gasteiger partial charge on any atom is 0.220 e. The number of nitrogens with one attached hydrogen (secondary N) is 4. The second-order valence-electron chi connectivity index (χ2n) is 7.63. The van der Waals surface area contributed by atoms with E-state index in [1.54, 1.807) is 0 Å². The van der Waals surface area contributed by atoms with Crippen LogP contribution in [0.5, 0.6) is 0 Å². The molecule has 0 aliphatic carbocycles. The van der Waals surface area contributed by atoms with Gasteiger partial charge < -0.3 is 21.3 Å². The van der Waals surface area contributed by atoms with Crippen LogP contribution in [0.3, 0.4) is 0 Å². The van der Waals surface area contributed by atoms with E-state index in [1.807, 2.05) is 13.8 Å². The minimum absolute atomic E-state index is 0.0142. The summed E-state index contributed by atoms with van der Waals surface area (Å²) in [6, 6.07) is -0.0284. The first-order chi connectivity index (χ1) is 13.4. The fraction of sp³-hybridized carbons (Fsp3) is 0.800. The summed E-state index contributed by atoms with van der Waals surface area (Å²) in [5, 5.41) is 11.5. The second-order valence-corrected chi connectivity index (χ2v) is 7.63. The summed E-state index contributed by atoms with van der Waals surface area (Å²) in [7, 11) is 0. The molecule has 1 aliphatic heterocycles. The fourth-order valence-corrected chi connectivity index (χ4v) is 3.01. The van der Waals surface area contributed by atoms with Gasteiger partial charge in [-0.15, -0.1) is 0 Å². The van der Waals surface area contributed by atoms with Crippen LogP contribution in [0.25, 0.3) is 0 Å². The first-order valence-corrected chi connectivity index (χ1v) is 10.5. The van der Waals surface area contributed by atoms with E-state index in [9.17, 15) is 19.2 Å². The summed E-state index contributed by atoms with van der Waals surface area (Å²) >= 11 is 0. The predicted molar refractivity (Wildman–Crippen MR) is 107 cm³/mol. The number of hydrogen-bond acceptors (Lipinski definition) is 4. The van der Waals surface area contributed by atoms with E-state index >= 15 is 0 Å². The van der Waals surface area contributed by atoms with Crippen LogP contribution >= 0.6 is 0 Å². The molecule has 1 heterocycles. The number of carbonyl (C=O) groups excluding carboxylic acids is 4. The van der Waals surface area contributed by atoms with Gasteiger partial charge >= 0.3 is 0 Å². The van der Waals surface area contributed by atoms with Crippen molar-refractivity contribution >= 4 is 23.6 Å². The first kappa shape index (κ1) is 23.9. The number of hydrogen-bond donors (Lipinski definition) is 4. The van der Waals surface area contributed by atoms with Crippen molar-refractivity contribution in [3.05, 3.63) is 0 Å². The van der Waals surface area contributed by atoms with Crippen LogP contribution in [0, 0.1) is 0 Å². The zero-order valence-electron chi connectivity index (χ0n) is 17.3. The Morgan fingerprint density at radius 3 is 1.25 bits per heavy atom. The van der Waals surface area contributed by atoms with Gasteiger partial charge in [0.05, 0.1) is 0 Å². The topological polar surface area (TPSA) is 116 Å². The zero-order valence-corrected chi connectivity index (χ0v) is 17.3. The molecule has 0 saturated carbocycles. The summed E-state index contributed by atoms with van der Waals surface area (Å²) < 4.78 is 0. The van der Waals surface area contributed by atoms with Gasteiger partial charge in [0.25, 0.3) is 0 Å². The van der Waals surface area contributed by atoms with E-state index in [2.05, 4.69) is 21.3 Å². The number of carbonyl (C=O) groups is 4. The van der Waals surface area contributed by atoms with E-state index in [1.165, 1.54) is 0 Å². The highest BCUT2D eigenvalue weighted by molar-refractivity contribution is 5.78. The molecule has 0 aromatic heterocycles. The third-order valence-corrected chi connectivity index (χ3v) is 4.73. The molecule has 160 valence electrons. The second kappa shape index (κ2) is 14.0. The van der Waals surface area contributed by atoms with Gasteiger partial charge in [-0.1, -0.05) is 0 Å². The van der Waals surface area contributed by atoms with E-state index < -0.39 is 0 Å². The first-order valence-electron chi connectivity index (χ1n) is 10.5. The lowest BCUT2D eigenvalue weighted by Crippen LogP contribution is -2.36. The summed E-state index contributed by atoms with van der Waals surface area (Å²) in [5.74, 6) is -0.0905. The third-order valence-electron chi connectivity index (χ3n) is 4.73. The van der Waals surface area contributed by atoms with Gasteiger partial charge in [0.1, 0.15) is 0 Å². The Hall–Kier alpha value is -2.12. The molecule has 0 radical (unpaired) electrons. The molecule has 1 rings (SSSR count). The van der Waals surface area contributed by atoms with E-state index in [0.717, 1.165) is 0 Å². The maximum absolute atomic E-state index is 11.9. The SMILES string of the molecule is CC1CCNC(=O)CCCCC(=O)NC(C)CCNC(=O)CCCCC(=O)N1. The Morgan fingerprint density at radius 1 is 0.571 bits per heavy atom. The number of rotatable bonds is 0. The van der Waals surface area contributed by atoms with Crippen LogP contribution in [-0.4, -0.2) is 48.8 Å². The predicted octanol–water partition coefficient (Wildman–Crippen LogP) is 1.14. The summed E-state index contributed by atoms with van der Waals surface area (Å²) in [6.07, 6.45) is 5.57. The lowest BCUT2D eigenvalue weighted by Gasteiger charge is -2.15. The minimum atomic E-state index is -0.0230. The molecule has 0 bridgehead atoms. The normalized spacial score (nSPS) is 25.9. The molecule has 0 aromatic carbocycles. The highest BCUT2D eigenvalue weighted by Crippen LogP contribution is 2.03. The summed E-state index contributed by atoms with van der Waals surface area (Å²) in [5.41, 5.74) is 0. The molecule has 1 fully saturated rings. The molecule has 1 aliphatic rings. The van der Waals surface area contributed by atoms with Crippen molar-refractivity contribution in [1.82, 2.24) is 21.3 Å². The summed E-state index contributed by atoms with van der Waals surface area (Å²) in [6.45, 7) is 4.85. The highest BCUT2D eigenvalue weighted by atomic mass is 16.2. The molecule has 28 heavy (non-hydrogen) atoms. The van der Waals surface area contributed by atoms with Gasteiger partial charge in [-0.05, 0) is 52.4 Å². The Labute approximate surface area is 168 Å². The van der Waals surface area contributed by atoms with Crippen molar-refractivity contribution < 1.29 is 19.2 Å². The molecule has 2 unspecified atom stereocenters. The molecule has 2 atom stereocenters. The smallest absolute Gasteiger partial charge is 0.220 e. The molecule has 4 N–H and O–H groups in total. The zero-order chi connectivity index (χ0) is 20.8. The quantitative estimate of drug-likeness (QED) is 0.491. The Morgan fingerprint density at radius 2 is 0.893 bits per heavy atom. The Kier molecular flexibility index (Phi) is 11.9. The molecule has 4 amide bonds. The fourth-order valence-electron chi connectivity index (χ4n) is 3.01. The van der Waals surface area contributed by atoms with Crippen molar-refractivity contribution in [1.29, 1.82) is 0 Å². The lowest BCUT2D eigenvalue weighted by atomic mass is 10.1. The molecular weight excluding hydrogens is 360 g/mol. The van der Waals surface area contributed by atoms with Crippen LogP contribution in [-0.2, 0) is 19.2 Å².